The maximum absolute atomic E-state index is 10.2. The van der Waals surface area contributed by atoms with E-state index in [4.69, 9.17) is 5.73 Å². The fourth-order valence-electron chi connectivity index (χ4n) is 0.524. The van der Waals surface area contributed by atoms with Crippen molar-refractivity contribution >= 4 is 16.9 Å². The number of anilines is 1. The number of nitrogen functional groups attached to an aromatic ring is 1. The molecule has 0 aliphatic rings. The monoisotopic (exact) mass is 180 g/mol. The Labute approximate surface area is 88.8 Å². The van der Waals surface area contributed by atoms with E-state index < -0.39 is 11.1 Å². The second-order valence-corrected chi connectivity index (χ2v) is 2.52. The standard InChI is InChI=1S/C5H6N2O2S.Na/c6-4-2-1-3-5(7-4)10(8)9;/h1-3H,(H2,6,7)(H,8,9);/q;+1/p-1. The predicted molar refractivity (Wildman–Crippen MR) is 35.8 cm³/mol. The Morgan fingerprint density at radius 2 is 2.18 bits per heavy atom. The summed E-state index contributed by atoms with van der Waals surface area (Å²) < 4.78 is 20.5. The van der Waals surface area contributed by atoms with Crippen molar-refractivity contribution in [1.82, 2.24) is 4.98 Å². The van der Waals surface area contributed by atoms with Crippen molar-refractivity contribution in [2.75, 3.05) is 5.73 Å². The first-order valence-electron chi connectivity index (χ1n) is 2.52. The molecule has 2 N–H and O–H groups in total. The van der Waals surface area contributed by atoms with E-state index in [1.807, 2.05) is 0 Å². The van der Waals surface area contributed by atoms with E-state index in [1.165, 1.54) is 18.2 Å². The van der Waals surface area contributed by atoms with Gasteiger partial charge in [-0.05, 0) is 23.2 Å². The van der Waals surface area contributed by atoms with E-state index in [2.05, 4.69) is 4.98 Å². The Bertz CT molecular complexity index is 268. The van der Waals surface area contributed by atoms with E-state index >= 15 is 0 Å². The van der Waals surface area contributed by atoms with Gasteiger partial charge in [-0.15, -0.1) is 0 Å². The zero-order valence-electron chi connectivity index (χ0n) is 5.98. The van der Waals surface area contributed by atoms with Crippen molar-refractivity contribution in [2.24, 2.45) is 0 Å². The van der Waals surface area contributed by atoms with Crippen molar-refractivity contribution in [3.05, 3.63) is 18.2 Å². The van der Waals surface area contributed by atoms with Gasteiger partial charge in [0.15, 0.2) is 0 Å². The summed E-state index contributed by atoms with van der Waals surface area (Å²) in [5.74, 6) is 0.210. The molecule has 11 heavy (non-hydrogen) atoms. The minimum Gasteiger partial charge on any atom is -0.767 e. The zero-order valence-corrected chi connectivity index (χ0v) is 8.80. The maximum Gasteiger partial charge on any atom is 1.00 e. The Balaban J connectivity index is 0.000001000. The zero-order chi connectivity index (χ0) is 7.56. The van der Waals surface area contributed by atoms with Crippen LogP contribution in [0.15, 0.2) is 23.2 Å². The molecule has 1 atom stereocenters. The minimum atomic E-state index is -2.28. The second-order valence-electron chi connectivity index (χ2n) is 1.64. The third-order valence-electron chi connectivity index (χ3n) is 0.916. The van der Waals surface area contributed by atoms with E-state index in [1.54, 1.807) is 0 Å². The van der Waals surface area contributed by atoms with Gasteiger partial charge in [0.25, 0.3) is 0 Å². The summed E-state index contributed by atoms with van der Waals surface area (Å²) in [5.41, 5.74) is 5.21. The smallest absolute Gasteiger partial charge is 0.767 e. The molecule has 0 bridgehead atoms. The molecule has 1 aromatic heterocycles. The number of rotatable bonds is 1. The summed E-state index contributed by atoms with van der Waals surface area (Å²) in [6.07, 6.45) is 0. The van der Waals surface area contributed by atoms with Gasteiger partial charge in [-0.3, -0.25) is 4.21 Å². The first-order chi connectivity index (χ1) is 4.70. The molecule has 0 aliphatic carbocycles. The SMILES string of the molecule is Nc1cccc(S(=O)[O-])n1.[Na+]. The quantitative estimate of drug-likeness (QED) is 0.367. The molecule has 0 saturated carbocycles. The summed E-state index contributed by atoms with van der Waals surface area (Å²) in [7, 11) is 0. The summed E-state index contributed by atoms with van der Waals surface area (Å²) in [5, 5.41) is -0.0278. The van der Waals surface area contributed by atoms with Gasteiger partial charge in [0.05, 0.1) is 0 Å². The minimum absolute atomic E-state index is 0. The summed E-state index contributed by atoms with van der Waals surface area (Å²) in [6, 6.07) is 4.43. The molecule has 4 nitrogen and oxygen atoms in total. The van der Waals surface area contributed by atoms with Crippen LogP contribution in [0.4, 0.5) is 5.82 Å². The Morgan fingerprint density at radius 3 is 2.55 bits per heavy atom. The fourth-order valence-corrected chi connectivity index (χ4v) is 0.893. The molecule has 1 rings (SSSR count). The average Bonchev–Trinajstić information content (AvgIpc) is 1.88. The first-order valence-corrected chi connectivity index (χ1v) is 3.59. The largest absolute Gasteiger partial charge is 1.00 e. The number of hydrogen-bond acceptors (Lipinski definition) is 4. The van der Waals surface area contributed by atoms with Crippen LogP contribution < -0.4 is 35.3 Å². The molecule has 0 amide bonds. The topological polar surface area (TPSA) is 79.0 Å². The number of pyridine rings is 1. The van der Waals surface area contributed by atoms with Gasteiger partial charge in [0.2, 0.25) is 0 Å². The third kappa shape index (κ3) is 3.31. The van der Waals surface area contributed by atoms with Gasteiger partial charge in [0.1, 0.15) is 10.8 Å². The van der Waals surface area contributed by atoms with Crippen LogP contribution in [0.3, 0.4) is 0 Å². The molecule has 1 heterocycles. The van der Waals surface area contributed by atoms with Crippen molar-refractivity contribution < 1.29 is 38.3 Å². The third-order valence-corrected chi connectivity index (χ3v) is 1.48. The van der Waals surface area contributed by atoms with Crippen LogP contribution >= 0.6 is 0 Å². The van der Waals surface area contributed by atoms with E-state index in [9.17, 15) is 8.76 Å². The van der Waals surface area contributed by atoms with Gasteiger partial charge in [-0.2, -0.15) is 0 Å². The van der Waals surface area contributed by atoms with Gasteiger partial charge >= 0.3 is 29.6 Å². The molecular formula is C5H5N2NaO2S. The van der Waals surface area contributed by atoms with E-state index in [-0.39, 0.29) is 40.4 Å². The van der Waals surface area contributed by atoms with Crippen LogP contribution in [0.1, 0.15) is 0 Å². The Morgan fingerprint density at radius 1 is 1.55 bits per heavy atom. The van der Waals surface area contributed by atoms with Crippen LogP contribution in [0.25, 0.3) is 0 Å². The van der Waals surface area contributed by atoms with Crippen LogP contribution in [0.5, 0.6) is 0 Å². The average molecular weight is 180 g/mol. The van der Waals surface area contributed by atoms with Crippen molar-refractivity contribution in [3.8, 4) is 0 Å². The van der Waals surface area contributed by atoms with Crippen molar-refractivity contribution in [2.45, 2.75) is 5.03 Å². The number of hydrogen-bond donors (Lipinski definition) is 1. The van der Waals surface area contributed by atoms with Crippen LogP contribution in [-0.4, -0.2) is 13.7 Å². The van der Waals surface area contributed by atoms with Gasteiger partial charge in [-0.1, -0.05) is 6.07 Å². The molecule has 6 heteroatoms. The maximum atomic E-state index is 10.2. The molecule has 0 saturated heterocycles. The molecule has 0 radical (unpaired) electrons. The van der Waals surface area contributed by atoms with Crippen LogP contribution in [0, 0.1) is 0 Å². The summed E-state index contributed by atoms with van der Waals surface area (Å²) >= 11 is -2.28. The number of nitrogens with zero attached hydrogens (tertiary/aromatic N) is 1. The molecule has 0 aromatic carbocycles. The van der Waals surface area contributed by atoms with Crippen molar-refractivity contribution in [1.29, 1.82) is 0 Å². The molecule has 0 fully saturated rings. The summed E-state index contributed by atoms with van der Waals surface area (Å²) in [6.45, 7) is 0. The fraction of sp³-hybridized carbons (Fsp3) is 0. The summed E-state index contributed by atoms with van der Waals surface area (Å²) in [4.78, 5) is 3.54. The normalized spacial score (nSPS) is 11.7. The molecular weight excluding hydrogens is 175 g/mol. The molecule has 0 aliphatic heterocycles. The Hall–Kier alpha value is 0.0600. The molecule has 1 unspecified atom stereocenters. The van der Waals surface area contributed by atoms with Gasteiger partial charge in [0, 0.05) is 0 Å². The molecule has 1 aromatic rings. The van der Waals surface area contributed by atoms with Gasteiger partial charge in [-0.25, -0.2) is 4.98 Å². The predicted octanol–water partition coefficient (Wildman–Crippen LogP) is -3.09. The number of aromatic nitrogens is 1. The molecule has 0 spiro atoms. The Kier molecular flexibility index (Phi) is 4.87. The molecule has 54 valence electrons. The first kappa shape index (κ1) is 11.1. The van der Waals surface area contributed by atoms with E-state index in [0.717, 1.165) is 0 Å². The van der Waals surface area contributed by atoms with Crippen LogP contribution in [-0.2, 0) is 11.1 Å². The van der Waals surface area contributed by atoms with E-state index in [0.29, 0.717) is 0 Å². The number of nitrogens with two attached hydrogens (primary N) is 1. The van der Waals surface area contributed by atoms with Crippen molar-refractivity contribution in [3.63, 3.8) is 0 Å². The van der Waals surface area contributed by atoms with Crippen LogP contribution in [0.2, 0.25) is 0 Å². The van der Waals surface area contributed by atoms with Gasteiger partial charge < -0.3 is 10.3 Å². The second kappa shape index (κ2) is 4.84.